The van der Waals surface area contributed by atoms with Crippen LogP contribution < -0.4 is 10.5 Å². The molecule has 4 heteroatoms. The minimum Gasteiger partial charge on any atom is -0.488 e. The number of benzene rings is 2. The van der Waals surface area contributed by atoms with Gasteiger partial charge in [-0.1, -0.05) is 18.2 Å². The first kappa shape index (κ1) is 13.9. The molecule has 1 aliphatic heterocycles. The fraction of sp³-hybridized carbons (Fsp3) is 0.294. The van der Waals surface area contributed by atoms with Crippen LogP contribution in [0.15, 0.2) is 42.5 Å². The predicted octanol–water partition coefficient (Wildman–Crippen LogP) is 2.84. The van der Waals surface area contributed by atoms with Gasteiger partial charge in [0.1, 0.15) is 17.7 Å². The fourth-order valence-corrected chi connectivity index (χ4v) is 2.77. The Hall–Kier alpha value is -2.07. The normalized spacial score (nSPS) is 16.8. The van der Waals surface area contributed by atoms with Gasteiger partial charge in [-0.2, -0.15) is 0 Å². The van der Waals surface area contributed by atoms with E-state index in [4.69, 9.17) is 10.5 Å². The maximum absolute atomic E-state index is 13.2. The first-order chi connectivity index (χ1) is 10.1. The summed E-state index contributed by atoms with van der Waals surface area (Å²) >= 11 is 0. The summed E-state index contributed by atoms with van der Waals surface area (Å²) in [6.45, 7) is 1.56. The van der Waals surface area contributed by atoms with Gasteiger partial charge in [0, 0.05) is 30.8 Å². The van der Waals surface area contributed by atoms with Crippen molar-refractivity contribution in [3.05, 3.63) is 59.4 Å². The highest BCUT2D eigenvalue weighted by atomic mass is 19.1. The second-order valence-electron chi connectivity index (χ2n) is 5.59. The summed E-state index contributed by atoms with van der Waals surface area (Å²) in [6, 6.07) is 12.6. The highest BCUT2D eigenvalue weighted by Gasteiger charge is 2.24. The minimum atomic E-state index is -0.205. The predicted molar refractivity (Wildman–Crippen MR) is 81.7 cm³/mol. The molecular formula is C17H19FN2O. The number of para-hydroxylation sites is 1. The smallest absolute Gasteiger partial charge is 0.123 e. The Morgan fingerprint density at radius 3 is 2.90 bits per heavy atom. The molecule has 3 rings (SSSR count). The van der Waals surface area contributed by atoms with Crippen molar-refractivity contribution in [1.29, 1.82) is 0 Å². The van der Waals surface area contributed by atoms with Crippen molar-refractivity contribution in [1.82, 2.24) is 4.90 Å². The molecule has 0 saturated carbocycles. The first-order valence-corrected chi connectivity index (χ1v) is 7.09. The van der Waals surface area contributed by atoms with Crippen LogP contribution in [0, 0.1) is 5.82 Å². The topological polar surface area (TPSA) is 38.5 Å². The van der Waals surface area contributed by atoms with Gasteiger partial charge in [0.15, 0.2) is 0 Å². The van der Waals surface area contributed by atoms with Crippen molar-refractivity contribution in [2.75, 3.05) is 19.3 Å². The monoisotopic (exact) mass is 286 g/mol. The summed E-state index contributed by atoms with van der Waals surface area (Å²) in [4.78, 5) is 2.18. The van der Waals surface area contributed by atoms with Crippen molar-refractivity contribution in [2.24, 2.45) is 0 Å². The molecule has 1 atom stereocenters. The molecule has 1 unspecified atom stereocenters. The Kier molecular flexibility index (Phi) is 3.80. The van der Waals surface area contributed by atoms with Gasteiger partial charge in [0.2, 0.25) is 0 Å². The molecule has 0 aliphatic carbocycles. The van der Waals surface area contributed by atoms with E-state index >= 15 is 0 Å². The third-order valence-electron chi connectivity index (χ3n) is 3.77. The van der Waals surface area contributed by atoms with Gasteiger partial charge < -0.3 is 10.5 Å². The number of nitrogens with two attached hydrogens (primary N) is 1. The molecule has 0 spiro atoms. The lowest BCUT2D eigenvalue weighted by Gasteiger charge is -2.21. The molecule has 0 amide bonds. The lowest BCUT2D eigenvalue weighted by Crippen LogP contribution is -2.31. The molecule has 0 bridgehead atoms. The van der Waals surface area contributed by atoms with E-state index in [-0.39, 0.29) is 11.9 Å². The minimum absolute atomic E-state index is 0.0664. The third-order valence-corrected chi connectivity index (χ3v) is 3.77. The molecule has 0 fully saturated rings. The molecule has 3 nitrogen and oxygen atoms in total. The summed E-state index contributed by atoms with van der Waals surface area (Å²) in [5.74, 6) is 0.595. The van der Waals surface area contributed by atoms with E-state index < -0.39 is 0 Å². The molecule has 110 valence electrons. The molecule has 1 heterocycles. The second-order valence-corrected chi connectivity index (χ2v) is 5.59. The zero-order chi connectivity index (χ0) is 14.8. The summed E-state index contributed by atoms with van der Waals surface area (Å²) < 4.78 is 19.1. The summed E-state index contributed by atoms with van der Waals surface area (Å²) in [5.41, 5.74) is 8.83. The van der Waals surface area contributed by atoms with E-state index in [9.17, 15) is 4.39 Å². The number of likely N-dealkylation sites (N-methyl/N-ethyl adjacent to an activating group) is 1. The standard InChI is InChI=1S/C17H19FN2O/c1-20(10-12-4-2-3-5-16(12)19)11-15-9-13-8-14(18)6-7-17(13)21-15/h2-8,15H,9-11,19H2,1H3. The number of halogens is 1. The summed E-state index contributed by atoms with van der Waals surface area (Å²) in [6.07, 6.45) is 0.818. The van der Waals surface area contributed by atoms with Crippen LogP contribution in [0.2, 0.25) is 0 Å². The van der Waals surface area contributed by atoms with Crippen LogP contribution in [0.1, 0.15) is 11.1 Å². The zero-order valence-electron chi connectivity index (χ0n) is 12.1. The molecule has 0 radical (unpaired) electrons. The number of hydrogen-bond acceptors (Lipinski definition) is 3. The SMILES string of the molecule is CN(Cc1ccccc1N)CC1Cc2cc(F)ccc2O1. The van der Waals surface area contributed by atoms with Gasteiger partial charge in [-0.3, -0.25) is 4.90 Å². The Bertz CT molecular complexity index is 644. The van der Waals surface area contributed by atoms with Gasteiger partial charge in [-0.05, 0) is 36.9 Å². The number of rotatable bonds is 4. The average Bonchev–Trinajstić information content (AvgIpc) is 2.82. The largest absolute Gasteiger partial charge is 0.488 e. The van der Waals surface area contributed by atoms with Crippen LogP contribution >= 0.6 is 0 Å². The first-order valence-electron chi connectivity index (χ1n) is 7.09. The lowest BCUT2D eigenvalue weighted by molar-refractivity contribution is 0.165. The van der Waals surface area contributed by atoms with Crippen molar-refractivity contribution in [2.45, 2.75) is 19.1 Å². The van der Waals surface area contributed by atoms with E-state index in [1.807, 2.05) is 31.3 Å². The van der Waals surface area contributed by atoms with Crippen molar-refractivity contribution in [3.63, 3.8) is 0 Å². The maximum Gasteiger partial charge on any atom is 0.123 e. The van der Waals surface area contributed by atoms with Gasteiger partial charge >= 0.3 is 0 Å². The molecule has 0 saturated heterocycles. The number of nitrogens with zero attached hydrogens (tertiary/aromatic N) is 1. The van der Waals surface area contributed by atoms with Gasteiger partial charge in [0.25, 0.3) is 0 Å². The number of ether oxygens (including phenoxy) is 1. The second kappa shape index (κ2) is 5.74. The van der Waals surface area contributed by atoms with Crippen LogP contribution in [0.3, 0.4) is 0 Å². The Labute approximate surface area is 124 Å². The van der Waals surface area contributed by atoms with Crippen molar-refractivity contribution < 1.29 is 9.13 Å². The third kappa shape index (κ3) is 3.16. The average molecular weight is 286 g/mol. The number of fused-ring (bicyclic) bond motifs is 1. The van der Waals surface area contributed by atoms with Crippen LogP contribution in [0.25, 0.3) is 0 Å². The quantitative estimate of drug-likeness (QED) is 0.878. The van der Waals surface area contributed by atoms with Crippen LogP contribution in [0.4, 0.5) is 10.1 Å². The molecular weight excluding hydrogens is 267 g/mol. The maximum atomic E-state index is 13.2. The molecule has 2 N–H and O–H groups in total. The van der Waals surface area contributed by atoms with Gasteiger partial charge in [0.05, 0.1) is 0 Å². The Morgan fingerprint density at radius 2 is 2.10 bits per heavy atom. The zero-order valence-corrected chi connectivity index (χ0v) is 12.1. The Morgan fingerprint density at radius 1 is 1.29 bits per heavy atom. The number of hydrogen-bond donors (Lipinski definition) is 1. The van der Waals surface area contributed by atoms with E-state index in [2.05, 4.69) is 4.90 Å². The van der Waals surface area contributed by atoms with E-state index in [1.54, 1.807) is 12.1 Å². The fourth-order valence-electron chi connectivity index (χ4n) is 2.77. The summed E-state index contributed by atoms with van der Waals surface area (Å²) in [7, 11) is 2.04. The highest BCUT2D eigenvalue weighted by molar-refractivity contribution is 5.46. The van der Waals surface area contributed by atoms with E-state index in [0.717, 1.165) is 42.1 Å². The molecule has 2 aromatic rings. The number of nitrogen functional groups attached to an aromatic ring is 1. The molecule has 1 aliphatic rings. The van der Waals surface area contributed by atoms with Crippen molar-refractivity contribution >= 4 is 5.69 Å². The van der Waals surface area contributed by atoms with Crippen molar-refractivity contribution in [3.8, 4) is 5.75 Å². The van der Waals surface area contributed by atoms with E-state index in [0.29, 0.717) is 0 Å². The van der Waals surface area contributed by atoms with Crippen LogP contribution in [-0.2, 0) is 13.0 Å². The molecule has 0 aromatic heterocycles. The van der Waals surface area contributed by atoms with Crippen LogP contribution in [-0.4, -0.2) is 24.6 Å². The van der Waals surface area contributed by atoms with Gasteiger partial charge in [-0.15, -0.1) is 0 Å². The molecule has 2 aromatic carbocycles. The van der Waals surface area contributed by atoms with Gasteiger partial charge in [-0.25, -0.2) is 4.39 Å². The lowest BCUT2D eigenvalue weighted by atomic mass is 10.1. The van der Waals surface area contributed by atoms with Crippen LogP contribution in [0.5, 0.6) is 5.75 Å². The molecule has 21 heavy (non-hydrogen) atoms. The summed E-state index contributed by atoms with van der Waals surface area (Å²) in [5, 5.41) is 0. The van der Waals surface area contributed by atoms with E-state index in [1.165, 1.54) is 6.07 Å². The highest BCUT2D eigenvalue weighted by Crippen LogP contribution is 2.29. The number of anilines is 1. The Balaban J connectivity index is 1.60.